The number of nitrogens with zero attached hydrogens (tertiary/aromatic N) is 2. The molecule has 1 aliphatic carbocycles. The van der Waals surface area contributed by atoms with Crippen LogP contribution in [0.4, 0.5) is 0 Å². The zero-order valence-corrected chi connectivity index (χ0v) is 11.1. The quantitative estimate of drug-likeness (QED) is 0.835. The second kappa shape index (κ2) is 4.10. The SMILES string of the molecule is O=C1CCC(n2nc(I)cc2C2CNC2)C1. The van der Waals surface area contributed by atoms with Crippen molar-refractivity contribution in [3.05, 3.63) is 15.5 Å². The van der Waals surface area contributed by atoms with Gasteiger partial charge in [0.25, 0.3) is 0 Å². The van der Waals surface area contributed by atoms with Crippen LogP contribution in [0.3, 0.4) is 0 Å². The lowest BCUT2D eigenvalue weighted by molar-refractivity contribution is -0.117. The van der Waals surface area contributed by atoms with Crippen LogP contribution in [0.25, 0.3) is 0 Å². The Labute approximate surface area is 108 Å². The van der Waals surface area contributed by atoms with Crippen LogP contribution < -0.4 is 5.32 Å². The highest BCUT2D eigenvalue weighted by Gasteiger charge is 2.30. The Morgan fingerprint density at radius 3 is 2.88 bits per heavy atom. The van der Waals surface area contributed by atoms with Crippen molar-refractivity contribution in [2.24, 2.45) is 0 Å². The molecule has 16 heavy (non-hydrogen) atoms. The van der Waals surface area contributed by atoms with Crippen molar-refractivity contribution in [1.82, 2.24) is 15.1 Å². The molecule has 1 aromatic rings. The summed E-state index contributed by atoms with van der Waals surface area (Å²) >= 11 is 2.25. The predicted molar refractivity (Wildman–Crippen MR) is 68.4 cm³/mol. The molecule has 3 rings (SSSR count). The number of carbonyl (C=O) groups is 1. The number of carbonyl (C=O) groups excluding carboxylic acids is 1. The molecule has 2 fully saturated rings. The van der Waals surface area contributed by atoms with Crippen molar-refractivity contribution in [2.75, 3.05) is 13.1 Å². The first-order chi connectivity index (χ1) is 7.74. The van der Waals surface area contributed by atoms with Crippen LogP contribution in [0.2, 0.25) is 0 Å². The van der Waals surface area contributed by atoms with E-state index in [0.29, 0.717) is 24.2 Å². The molecule has 1 aliphatic heterocycles. The molecule has 1 saturated carbocycles. The van der Waals surface area contributed by atoms with Crippen molar-refractivity contribution in [1.29, 1.82) is 0 Å². The van der Waals surface area contributed by atoms with Gasteiger partial charge in [-0.15, -0.1) is 0 Å². The first-order valence-electron chi connectivity index (χ1n) is 5.71. The third-order valence-corrected chi connectivity index (χ3v) is 4.03. The van der Waals surface area contributed by atoms with Crippen LogP contribution in [0.15, 0.2) is 6.07 Å². The summed E-state index contributed by atoms with van der Waals surface area (Å²) in [7, 11) is 0. The van der Waals surface area contributed by atoms with Gasteiger partial charge in [0.15, 0.2) is 0 Å². The number of nitrogens with one attached hydrogen (secondary N) is 1. The van der Waals surface area contributed by atoms with Crippen molar-refractivity contribution in [3.63, 3.8) is 0 Å². The fraction of sp³-hybridized carbons (Fsp3) is 0.636. The van der Waals surface area contributed by atoms with E-state index >= 15 is 0 Å². The van der Waals surface area contributed by atoms with Crippen LogP contribution in [0, 0.1) is 3.70 Å². The zero-order chi connectivity index (χ0) is 11.1. The van der Waals surface area contributed by atoms with Gasteiger partial charge in [-0.25, -0.2) is 0 Å². The summed E-state index contributed by atoms with van der Waals surface area (Å²) in [5.41, 5.74) is 1.31. The third kappa shape index (κ3) is 1.79. The lowest BCUT2D eigenvalue weighted by Crippen LogP contribution is -2.41. The molecule has 4 nitrogen and oxygen atoms in total. The van der Waals surface area contributed by atoms with Crippen molar-refractivity contribution in [3.8, 4) is 0 Å². The van der Waals surface area contributed by atoms with E-state index in [1.807, 2.05) is 0 Å². The monoisotopic (exact) mass is 331 g/mol. The van der Waals surface area contributed by atoms with Gasteiger partial charge in [0.05, 0.1) is 6.04 Å². The molecule has 0 aromatic carbocycles. The molecule has 1 saturated heterocycles. The number of hydrogen-bond acceptors (Lipinski definition) is 3. The summed E-state index contributed by atoms with van der Waals surface area (Å²) in [6, 6.07) is 2.47. The minimum absolute atomic E-state index is 0.312. The Morgan fingerprint density at radius 1 is 1.50 bits per heavy atom. The van der Waals surface area contributed by atoms with Crippen molar-refractivity contribution < 1.29 is 4.79 Å². The maximum absolute atomic E-state index is 11.3. The number of Topliss-reactive ketones (excluding diaryl/α,β-unsaturated/α-hetero) is 1. The second-order valence-corrected chi connectivity index (χ2v) is 5.73. The Hall–Kier alpha value is -0.430. The summed E-state index contributed by atoms with van der Waals surface area (Å²) < 4.78 is 3.15. The predicted octanol–water partition coefficient (Wildman–Crippen LogP) is 1.47. The standard InChI is InChI=1S/C11H14IN3O/c12-11-4-10(7-5-13-6-7)15(14-11)8-1-2-9(16)3-8/h4,7-8,13H,1-3,5-6H2. The molecule has 1 unspecified atom stereocenters. The normalized spacial score (nSPS) is 26.1. The number of aromatic nitrogens is 2. The average molecular weight is 331 g/mol. The van der Waals surface area contributed by atoms with E-state index < -0.39 is 0 Å². The summed E-state index contributed by atoms with van der Waals surface area (Å²) in [6.07, 6.45) is 2.36. The maximum Gasteiger partial charge on any atom is 0.135 e. The Bertz CT molecular complexity index is 425. The van der Waals surface area contributed by atoms with Gasteiger partial charge < -0.3 is 5.32 Å². The van der Waals surface area contributed by atoms with Crippen molar-refractivity contribution >= 4 is 28.4 Å². The highest BCUT2D eigenvalue weighted by atomic mass is 127. The fourth-order valence-corrected chi connectivity index (χ4v) is 3.03. The van der Waals surface area contributed by atoms with Gasteiger partial charge in [-0.1, -0.05) is 0 Å². The largest absolute Gasteiger partial charge is 0.315 e. The molecule has 2 heterocycles. The van der Waals surface area contributed by atoms with E-state index in [2.05, 4.69) is 43.8 Å². The molecule has 86 valence electrons. The van der Waals surface area contributed by atoms with Gasteiger partial charge in [0.1, 0.15) is 9.48 Å². The van der Waals surface area contributed by atoms with Crippen molar-refractivity contribution in [2.45, 2.75) is 31.2 Å². The summed E-state index contributed by atoms with van der Waals surface area (Å²) in [6.45, 7) is 2.09. The molecule has 5 heteroatoms. The van der Waals surface area contributed by atoms with E-state index in [1.165, 1.54) is 5.69 Å². The summed E-state index contributed by atoms with van der Waals surface area (Å²) in [5.74, 6) is 0.972. The van der Waals surface area contributed by atoms with Gasteiger partial charge in [0, 0.05) is 37.5 Å². The molecule has 1 atom stereocenters. The molecule has 1 N–H and O–H groups in total. The van der Waals surface area contributed by atoms with E-state index in [4.69, 9.17) is 0 Å². The third-order valence-electron chi connectivity index (χ3n) is 3.50. The average Bonchev–Trinajstić information content (AvgIpc) is 2.70. The highest BCUT2D eigenvalue weighted by molar-refractivity contribution is 14.1. The molecule has 0 bridgehead atoms. The smallest absolute Gasteiger partial charge is 0.135 e. The topological polar surface area (TPSA) is 46.9 Å². The number of ketones is 1. The Kier molecular flexibility index (Phi) is 2.75. The first kappa shape index (κ1) is 10.7. The van der Waals surface area contributed by atoms with Gasteiger partial charge in [0.2, 0.25) is 0 Å². The Morgan fingerprint density at radius 2 is 2.31 bits per heavy atom. The zero-order valence-electron chi connectivity index (χ0n) is 8.95. The van der Waals surface area contributed by atoms with Gasteiger partial charge >= 0.3 is 0 Å². The van der Waals surface area contributed by atoms with Crippen LogP contribution in [-0.2, 0) is 4.79 Å². The van der Waals surface area contributed by atoms with E-state index in [0.717, 1.165) is 29.6 Å². The van der Waals surface area contributed by atoms with E-state index in [-0.39, 0.29) is 0 Å². The molecule has 0 spiro atoms. The number of halogens is 1. The van der Waals surface area contributed by atoms with Gasteiger partial charge in [-0.2, -0.15) is 5.10 Å². The fourth-order valence-electron chi connectivity index (χ4n) is 2.48. The first-order valence-corrected chi connectivity index (χ1v) is 6.79. The highest BCUT2D eigenvalue weighted by Crippen LogP contribution is 2.31. The minimum atomic E-state index is 0.312. The summed E-state index contributed by atoms with van der Waals surface area (Å²) in [5, 5.41) is 7.84. The number of hydrogen-bond donors (Lipinski definition) is 1. The molecular formula is C11H14IN3O. The lowest BCUT2D eigenvalue weighted by atomic mass is 9.99. The van der Waals surface area contributed by atoms with Crippen LogP contribution in [-0.4, -0.2) is 28.7 Å². The minimum Gasteiger partial charge on any atom is -0.315 e. The van der Waals surface area contributed by atoms with Crippen LogP contribution in [0.1, 0.15) is 36.9 Å². The van der Waals surface area contributed by atoms with E-state index in [9.17, 15) is 4.79 Å². The van der Waals surface area contributed by atoms with E-state index in [1.54, 1.807) is 0 Å². The van der Waals surface area contributed by atoms with Gasteiger partial charge in [-0.05, 0) is 35.1 Å². The number of rotatable bonds is 2. The van der Waals surface area contributed by atoms with Crippen LogP contribution in [0.5, 0.6) is 0 Å². The molecule has 0 amide bonds. The van der Waals surface area contributed by atoms with Crippen LogP contribution >= 0.6 is 22.6 Å². The Balaban J connectivity index is 1.90. The maximum atomic E-state index is 11.3. The second-order valence-electron chi connectivity index (χ2n) is 4.63. The molecule has 0 radical (unpaired) electrons. The molecule has 2 aliphatic rings. The summed E-state index contributed by atoms with van der Waals surface area (Å²) in [4.78, 5) is 11.3. The molecule has 1 aromatic heterocycles. The lowest BCUT2D eigenvalue weighted by Gasteiger charge is -2.28. The molecular weight excluding hydrogens is 317 g/mol. The van der Waals surface area contributed by atoms with Gasteiger partial charge in [-0.3, -0.25) is 9.48 Å².